The van der Waals surface area contributed by atoms with Crippen LogP contribution in [-0.4, -0.2) is 37.3 Å². The first-order valence-electron chi connectivity index (χ1n) is 9.40. The first kappa shape index (κ1) is 18.7. The predicted molar refractivity (Wildman–Crippen MR) is 109 cm³/mol. The molecule has 0 radical (unpaired) electrons. The number of carbonyl (C=O) groups is 2. The fraction of sp³-hybridized carbons (Fsp3) is 0.318. The molecule has 28 heavy (non-hydrogen) atoms. The van der Waals surface area contributed by atoms with Gasteiger partial charge in [0, 0.05) is 16.1 Å². The largest absolute Gasteiger partial charge is 0.468 e. The van der Waals surface area contributed by atoms with Crippen LogP contribution in [0.1, 0.15) is 30.4 Å². The maximum absolute atomic E-state index is 13.4. The van der Waals surface area contributed by atoms with E-state index in [4.69, 9.17) is 21.3 Å². The van der Waals surface area contributed by atoms with Crippen molar-refractivity contribution >= 4 is 34.9 Å². The SMILES string of the molecule is COC(=O)CN1C(=O)[C@H](C2CCC2)N=C(c2ccccc2)c2cc(Cl)ccc21. The van der Waals surface area contributed by atoms with Crippen LogP contribution in [0.3, 0.4) is 0 Å². The molecule has 4 rings (SSSR count). The lowest BCUT2D eigenvalue weighted by Crippen LogP contribution is -2.45. The number of rotatable bonds is 4. The predicted octanol–water partition coefficient (Wildman–Crippen LogP) is 3.87. The van der Waals surface area contributed by atoms with E-state index in [1.165, 1.54) is 12.0 Å². The molecule has 0 saturated heterocycles. The molecule has 1 aliphatic carbocycles. The molecular weight excluding hydrogens is 376 g/mol. The van der Waals surface area contributed by atoms with Gasteiger partial charge in [0.15, 0.2) is 0 Å². The van der Waals surface area contributed by atoms with E-state index < -0.39 is 12.0 Å². The number of ether oxygens (including phenoxy) is 1. The number of carbonyl (C=O) groups excluding carboxylic acids is 2. The molecule has 144 valence electrons. The van der Waals surface area contributed by atoms with Gasteiger partial charge in [0.25, 0.3) is 5.91 Å². The molecule has 0 aromatic heterocycles. The van der Waals surface area contributed by atoms with Crippen molar-refractivity contribution in [3.05, 3.63) is 64.7 Å². The molecule has 1 saturated carbocycles. The van der Waals surface area contributed by atoms with E-state index >= 15 is 0 Å². The summed E-state index contributed by atoms with van der Waals surface area (Å²) in [7, 11) is 1.32. The Morgan fingerprint density at radius 1 is 1.21 bits per heavy atom. The molecule has 1 fully saturated rings. The molecule has 1 aliphatic heterocycles. The Morgan fingerprint density at radius 3 is 2.61 bits per heavy atom. The van der Waals surface area contributed by atoms with Crippen LogP contribution >= 0.6 is 11.6 Å². The molecular formula is C22H21ClN2O3. The number of hydrogen-bond donors (Lipinski definition) is 0. The van der Waals surface area contributed by atoms with Crippen LogP contribution in [0.5, 0.6) is 0 Å². The number of esters is 1. The molecule has 0 spiro atoms. The van der Waals surface area contributed by atoms with E-state index in [9.17, 15) is 9.59 Å². The summed E-state index contributed by atoms with van der Waals surface area (Å²) in [6, 6.07) is 14.6. The van der Waals surface area contributed by atoms with Crippen LogP contribution in [0.25, 0.3) is 0 Å². The molecule has 1 atom stereocenters. The lowest BCUT2D eigenvalue weighted by molar-refractivity contribution is -0.140. The van der Waals surface area contributed by atoms with E-state index in [0.29, 0.717) is 10.7 Å². The number of fused-ring (bicyclic) bond motifs is 1. The van der Waals surface area contributed by atoms with Crippen molar-refractivity contribution in [3.63, 3.8) is 0 Å². The number of benzene rings is 2. The number of aliphatic imine (C=N–C) groups is 1. The van der Waals surface area contributed by atoms with Crippen LogP contribution in [0.15, 0.2) is 53.5 Å². The molecule has 2 aromatic carbocycles. The first-order chi connectivity index (χ1) is 13.6. The van der Waals surface area contributed by atoms with Gasteiger partial charge in [0.2, 0.25) is 0 Å². The monoisotopic (exact) mass is 396 g/mol. The third-order valence-electron chi connectivity index (χ3n) is 5.45. The highest BCUT2D eigenvalue weighted by Gasteiger charge is 2.39. The number of amides is 1. The van der Waals surface area contributed by atoms with Gasteiger partial charge in [-0.25, -0.2) is 0 Å². The Bertz CT molecular complexity index is 938. The second-order valence-corrected chi connectivity index (χ2v) is 7.58. The number of anilines is 1. The van der Waals surface area contributed by atoms with Gasteiger partial charge in [-0.1, -0.05) is 48.4 Å². The lowest BCUT2D eigenvalue weighted by atomic mass is 9.79. The van der Waals surface area contributed by atoms with Crippen molar-refractivity contribution in [2.24, 2.45) is 10.9 Å². The highest BCUT2D eigenvalue weighted by molar-refractivity contribution is 6.32. The van der Waals surface area contributed by atoms with Crippen LogP contribution in [-0.2, 0) is 14.3 Å². The molecule has 5 nitrogen and oxygen atoms in total. The van der Waals surface area contributed by atoms with Gasteiger partial charge in [0.1, 0.15) is 12.6 Å². The number of methoxy groups -OCH3 is 1. The number of nitrogens with zero attached hydrogens (tertiary/aromatic N) is 2. The zero-order chi connectivity index (χ0) is 19.7. The Hall–Kier alpha value is -2.66. The number of benzodiazepines with no additional fused rings is 1. The summed E-state index contributed by atoms with van der Waals surface area (Å²) < 4.78 is 4.83. The van der Waals surface area contributed by atoms with Gasteiger partial charge in [0.05, 0.1) is 18.5 Å². The smallest absolute Gasteiger partial charge is 0.325 e. The Morgan fingerprint density at radius 2 is 1.96 bits per heavy atom. The average Bonchev–Trinajstić information content (AvgIpc) is 2.77. The highest BCUT2D eigenvalue weighted by atomic mass is 35.5. The molecule has 0 unspecified atom stereocenters. The molecule has 0 bridgehead atoms. The van der Waals surface area contributed by atoms with Crippen molar-refractivity contribution in [1.29, 1.82) is 0 Å². The van der Waals surface area contributed by atoms with E-state index in [0.717, 1.165) is 36.1 Å². The van der Waals surface area contributed by atoms with Gasteiger partial charge < -0.3 is 4.74 Å². The molecule has 2 aliphatic rings. The number of hydrogen-bond acceptors (Lipinski definition) is 4. The van der Waals surface area contributed by atoms with Gasteiger partial charge in [-0.3, -0.25) is 19.5 Å². The topological polar surface area (TPSA) is 59.0 Å². The first-order valence-corrected chi connectivity index (χ1v) is 9.77. The zero-order valence-electron chi connectivity index (χ0n) is 15.6. The van der Waals surface area contributed by atoms with Crippen LogP contribution < -0.4 is 4.90 Å². The quantitative estimate of drug-likeness (QED) is 0.737. The Balaban J connectivity index is 1.90. The van der Waals surface area contributed by atoms with Gasteiger partial charge in [-0.2, -0.15) is 0 Å². The normalized spacial score (nSPS) is 19.4. The maximum Gasteiger partial charge on any atom is 0.325 e. The van der Waals surface area contributed by atoms with Crippen LogP contribution in [0, 0.1) is 5.92 Å². The number of halogens is 1. The summed E-state index contributed by atoms with van der Waals surface area (Å²) in [5, 5.41) is 0.551. The molecule has 0 N–H and O–H groups in total. The minimum atomic E-state index is -0.514. The Labute approximate surface area is 169 Å². The maximum atomic E-state index is 13.4. The van der Waals surface area contributed by atoms with Crippen LogP contribution in [0.4, 0.5) is 5.69 Å². The standard InChI is InChI=1S/C22H21ClN2O3/c1-28-19(26)13-25-18-11-10-16(23)12-17(18)20(14-6-3-2-4-7-14)24-21(22(25)27)15-8-5-9-15/h2-4,6-7,10-12,15,21H,5,8-9,13H2,1H3/t21-/m0/s1. The van der Waals surface area contributed by atoms with Crippen molar-refractivity contribution in [1.82, 2.24) is 0 Å². The average molecular weight is 397 g/mol. The van der Waals surface area contributed by atoms with Gasteiger partial charge in [-0.05, 0) is 37.0 Å². The zero-order valence-corrected chi connectivity index (χ0v) is 16.4. The van der Waals surface area contributed by atoms with Crippen molar-refractivity contribution < 1.29 is 14.3 Å². The van der Waals surface area contributed by atoms with Crippen molar-refractivity contribution in [2.75, 3.05) is 18.6 Å². The van der Waals surface area contributed by atoms with Gasteiger partial charge >= 0.3 is 5.97 Å². The molecule has 2 aromatic rings. The summed E-state index contributed by atoms with van der Waals surface area (Å²) in [5.74, 6) is -0.439. The molecule has 6 heteroatoms. The lowest BCUT2D eigenvalue weighted by Gasteiger charge is -2.32. The van der Waals surface area contributed by atoms with E-state index in [1.807, 2.05) is 36.4 Å². The fourth-order valence-corrected chi connectivity index (χ4v) is 3.89. The van der Waals surface area contributed by atoms with Crippen molar-refractivity contribution in [2.45, 2.75) is 25.3 Å². The van der Waals surface area contributed by atoms with Crippen molar-refractivity contribution in [3.8, 4) is 0 Å². The minimum Gasteiger partial charge on any atom is -0.468 e. The summed E-state index contributed by atoms with van der Waals surface area (Å²) in [4.78, 5) is 31.9. The van der Waals surface area contributed by atoms with Gasteiger partial charge in [-0.15, -0.1) is 0 Å². The highest BCUT2D eigenvalue weighted by Crippen LogP contribution is 2.37. The summed E-state index contributed by atoms with van der Waals surface area (Å²) >= 11 is 6.29. The van der Waals surface area contributed by atoms with Crippen LogP contribution in [0.2, 0.25) is 5.02 Å². The van der Waals surface area contributed by atoms with E-state index in [2.05, 4.69) is 0 Å². The van der Waals surface area contributed by atoms with E-state index in [1.54, 1.807) is 12.1 Å². The molecule has 1 heterocycles. The molecule has 1 amide bonds. The summed E-state index contributed by atoms with van der Waals surface area (Å²) in [6.07, 6.45) is 3.02. The Kier molecular flexibility index (Phi) is 5.18. The minimum absolute atomic E-state index is 0.148. The second-order valence-electron chi connectivity index (χ2n) is 7.14. The third kappa shape index (κ3) is 3.42. The summed E-state index contributed by atoms with van der Waals surface area (Å²) in [5.41, 5.74) is 3.03. The second kappa shape index (κ2) is 7.76. The van der Waals surface area contributed by atoms with E-state index in [-0.39, 0.29) is 18.4 Å². The third-order valence-corrected chi connectivity index (χ3v) is 5.69. The fourth-order valence-electron chi connectivity index (χ4n) is 3.72. The summed E-state index contributed by atoms with van der Waals surface area (Å²) in [6.45, 7) is -0.148.